The number of rotatable bonds is 5. The van der Waals surface area contributed by atoms with Gasteiger partial charge in [-0.3, -0.25) is 10.1 Å². The molecular formula is C11H12FN5O2. The molecule has 0 aliphatic carbocycles. The Morgan fingerprint density at radius 2 is 2.21 bits per heavy atom. The lowest BCUT2D eigenvalue weighted by Crippen LogP contribution is -2.16. The predicted molar refractivity (Wildman–Crippen MR) is 64.6 cm³/mol. The Balaban J connectivity index is 2.00. The molecule has 1 N–H and O–H groups in total. The zero-order valence-corrected chi connectivity index (χ0v) is 10.2. The number of nitro benzene ring substituents is 1. The molecule has 100 valence electrons. The van der Waals surface area contributed by atoms with Gasteiger partial charge >= 0.3 is 0 Å². The van der Waals surface area contributed by atoms with Crippen molar-refractivity contribution in [2.75, 3.05) is 0 Å². The van der Waals surface area contributed by atoms with Crippen LogP contribution in [0.4, 0.5) is 10.1 Å². The van der Waals surface area contributed by atoms with Crippen molar-refractivity contribution in [3.8, 4) is 0 Å². The van der Waals surface area contributed by atoms with Crippen LogP contribution in [0.15, 0.2) is 24.5 Å². The zero-order chi connectivity index (χ0) is 13.8. The Bertz CT molecular complexity index is 599. The number of hydrogen-bond donors (Lipinski definition) is 1. The highest BCUT2D eigenvalue weighted by Crippen LogP contribution is 2.16. The number of hydrogen-bond acceptors (Lipinski definition) is 5. The van der Waals surface area contributed by atoms with Gasteiger partial charge in [-0.2, -0.15) is 0 Å². The first-order valence-corrected chi connectivity index (χ1v) is 5.53. The van der Waals surface area contributed by atoms with Crippen molar-refractivity contribution in [1.29, 1.82) is 0 Å². The van der Waals surface area contributed by atoms with E-state index in [1.807, 2.05) is 7.05 Å². The number of benzene rings is 1. The van der Waals surface area contributed by atoms with Crippen molar-refractivity contribution in [2.45, 2.75) is 13.1 Å². The van der Waals surface area contributed by atoms with Crippen molar-refractivity contribution in [3.05, 3.63) is 51.8 Å². The number of nitrogens with one attached hydrogen (secondary N) is 1. The summed E-state index contributed by atoms with van der Waals surface area (Å²) in [6.45, 7) is 0.756. The summed E-state index contributed by atoms with van der Waals surface area (Å²) in [5, 5.41) is 21.2. The third-order valence-corrected chi connectivity index (χ3v) is 2.57. The lowest BCUT2D eigenvalue weighted by atomic mass is 10.2. The number of non-ortho nitro benzene ring substituents is 1. The highest BCUT2D eigenvalue weighted by molar-refractivity contribution is 5.35. The summed E-state index contributed by atoms with van der Waals surface area (Å²) >= 11 is 0. The van der Waals surface area contributed by atoms with Gasteiger partial charge in [0.25, 0.3) is 5.69 Å². The first kappa shape index (κ1) is 13.1. The van der Waals surface area contributed by atoms with E-state index in [1.54, 1.807) is 10.9 Å². The van der Waals surface area contributed by atoms with E-state index >= 15 is 0 Å². The minimum atomic E-state index is -0.621. The van der Waals surface area contributed by atoms with E-state index in [-0.39, 0.29) is 5.69 Å². The SMILES string of the molecule is Cn1cnnc1CNCc1cc(F)cc([N+](=O)[O-])c1. The predicted octanol–water partition coefficient (Wildman–Crippen LogP) is 1.15. The van der Waals surface area contributed by atoms with Crippen LogP contribution in [0.3, 0.4) is 0 Å². The molecule has 0 aliphatic heterocycles. The number of halogens is 1. The average Bonchev–Trinajstić information content (AvgIpc) is 2.74. The Morgan fingerprint density at radius 3 is 2.84 bits per heavy atom. The second-order valence-electron chi connectivity index (χ2n) is 4.04. The lowest BCUT2D eigenvalue weighted by Gasteiger charge is -2.04. The molecule has 0 unspecified atom stereocenters. The number of aromatic nitrogens is 3. The monoisotopic (exact) mass is 265 g/mol. The quantitative estimate of drug-likeness (QED) is 0.647. The largest absolute Gasteiger partial charge is 0.320 e. The third-order valence-electron chi connectivity index (χ3n) is 2.57. The van der Waals surface area contributed by atoms with Crippen LogP contribution >= 0.6 is 0 Å². The Morgan fingerprint density at radius 1 is 1.42 bits per heavy atom. The van der Waals surface area contributed by atoms with Crippen molar-refractivity contribution in [2.24, 2.45) is 7.05 Å². The van der Waals surface area contributed by atoms with Gasteiger partial charge in [0.05, 0.1) is 17.5 Å². The fraction of sp³-hybridized carbons (Fsp3) is 0.273. The summed E-state index contributed by atoms with van der Waals surface area (Å²) in [5.74, 6) is 0.107. The van der Waals surface area contributed by atoms with E-state index in [1.165, 1.54) is 12.1 Å². The van der Waals surface area contributed by atoms with Gasteiger partial charge in [-0.25, -0.2) is 4.39 Å². The maximum Gasteiger partial charge on any atom is 0.272 e. The topological polar surface area (TPSA) is 85.9 Å². The Labute approximate surface area is 108 Å². The smallest absolute Gasteiger partial charge is 0.272 e. The van der Waals surface area contributed by atoms with E-state index in [0.717, 1.165) is 11.9 Å². The molecule has 0 amide bonds. The molecule has 0 radical (unpaired) electrons. The molecule has 1 heterocycles. The van der Waals surface area contributed by atoms with Crippen molar-refractivity contribution in [1.82, 2.24) is 20.1 Å². The first-order valence-electron chi connectivity index (χ1n) is 5.53. The van der Waals surface area contributed by atoms with Crippen LogP contribution in [-0.4, -0.2) is 19.7 Å². The van der Waals surface area contributed by atoms with E-state index in [0.29, 0.717) is 18.7 Å². The molecule has 0 atom stereocenters. The van der Waals surface area contributed by atoms with E-state index in [4.69, 9.17) is 0 Å². The average molecular weight is 265 g/mol. The molecule has 1 aromatic heterocycles. The second kappa shape index (κ2) is 5.53. The van der Waals surface area contributed by atoms with Crippen LogP contribution in [0.2, 0.25) is 0 Å². The molecule has 0 saturated carbocycles. The van der Waals surface area contributed by atoms with Crippen LogP contribution < -0.4 is 5.32 Å². The fourth-order valence-electron chi connectivity index (χ4n) is 1.63. The molecule has 2 rings (SSSR count). The van der Waals surface area contributed by atoms with Crippen molar-refractivity contribution >= 4 is 5.69 Å². The van der Waals surface area contributed by atoms with Gasteiger partial charge < -0.3 is 9.88 Å². The van der Waals surface area contributed by atoms with E-state index < -0.39 is 10.7 Å². The molecule has 1 aromatic carbocycles. The Hall–Kier alpha value is -2.35. The van der Waals surface area contributed by atoms with E-state index in [9.17, 15) is 14.5 Å². The minimum Gasteiger partial charge on any atom is -0.320 e. The fourth-order valence-corrected chi connectivity index (χ4v) is 1.63. The molecule has 0 saturated heterocycles. The summed E-state index contributed by atoms with van der Waals surface area (Å²) in [5.41, 5.74) is 0.254. The van der Waals surface area contributed by atoms with Gasteiger partial charge in [-0.1, -0.05) is 0 Å². The van der Waals surface area contributed by atoms with Crippen LogP contribution in [0.25, 0.3) is 0 Å². The van der Waals surface area contributed by atoms with Gasteiger partial charge in [-0.15, -0.1) is 10.2 Å². The van der Waals surface area contributed by atoms with Gasteiger partial charge in [0.1, 0.15) is 18.0 Å². The van der Waals surface area contributed by atoms with Crippen LogP contribution in [-0.2, 0) is 20.1 Å². The second-order valence-corrected chi connectivity index (χ2v) is 4.04. The summed E-state index contributed by atoms with van der Waals surface area (Å²) in [6, 6.07) is 3.50. The molecule has 19 heavy (non-hydrogen) atoms. The maximum atomic E-state index is 13.2. The summed E-state index contributed by atoms with van der Waals surface area (Å²) in [7, 11) is 1.81. The first-order chi connectivity index (χ1) is 9.06. The Kier molecular flexibility index (Phi) is 3.81. The highest BCUT2D eigenvalue weighted by atomic mass is 19.1. The number of nitro groups is 1. The van der Waals surface area contributed by atoms with Crippen LogP contribution in [0.5, 0.6) is 0 Å². The van der Waals surface area contributed by atoms with Crippen LogP contribution in [0, 0.1) is 15.9 Å². The molecule has 0 spiro atoms. The van der Waals surface area contributed by atoms with Gasteiger partial charge in [0.2, 0.25) is 0 Å². The zero-order valence-electron chi connectivity index (χ0n) is 10.2. The van der Waals surface area contributed by atoms with E-state index in [2.05, 4.69) is 15.5 Å². The molecule has 8 heteroatoms. The molecule has 0 fully saturated rings. The van der Waals surface area contributed by atoms with Crippen LogP contribution in [0.1, 0.15) is 11.4 Å². The van der Waals surface area contributed by atoms with Crippen molar-refractivity contribution < 1.29 is 9.31 Å². The van der Waals surface area contributed by atoms with Gasteiger partial charge in [0.15, 0.2) is 0 Å². The third kappa shape index (κ3) is 3.32. The standard InChI is InChI=1S/C11H12FN5O2/c1-16-7-14-15-11(16)6-13-5-8-2-9(12)4-10(3-8)17(18)19/h2-4,7,13H,5-6H2,1H3. The number of aryl methyl sites for hydroxylation is 1. The highest BCUT2D eigenvalue weighted by Gasteiger charge is 2.09. The molecule has 7 nitrogen and oxygen atoms in total. The number of nitrogens with zero attached hydrogens (tertiary/aromatic N) is 4. The molecule has 0 aliphatic rings. The molecule has 0 bridgehead atoms. The maximum absolute atomic E-state index is 13.2. The minimum absolute atomic E-state index is 0.254. The van der Waals surface area contributed by atoms with Gasteiger partial charge in [-0.05, 0) is 11.6 Å². The normalized spacial score (nSPS) is 10.6. The lowest BCUT2D eigenvalue weighted by molar-refractivity contribution is -0.385. The summed E-state index contributed by atoms with van der Waals surface area (Å²) < 4.78 is 14.9. The van der Waals surface area contributed by atoms with Crippen molar-refractivity contribution in [3.63, 3.8) is 0 Å². The summed E-state index contributed by atoms with van der Waals surface area (Å²) in [6.07, 6.45) is 1.57. The molecular weight excluding hydrogens is 253 g/mol. The van der Waals surface area contributed by atoms with Gasteiger partial charge in [0, 0.05) is 19.7 Å². The summed E-state index contributed by atoms with van der Waals surface area (Å²) in [4.78, 5) is 9.99. The molecule has 2 aromatic rings.